The van der Waals surface area contributed by atoms with Crippen molar-refractivity contribution in [3.63, 3.8) is 0 Å². The van der Waals surface area contributed by atoms with Crippen molar-refractivity contribution in [3.8, 4) is 0 Å². The zero-order chi connectivity index (χ0) is 13.4. The second-order valence-electron chi connectivity index (χ2n) is 4.20. The van der Waals surface area contributed by atoms with Gasteiger partial charge >= 0.3 is 0 Å². The van der Waals surface area contributed by atoms with Crippen molar-refractivity contribution in [1.82, 2.24) is 9.55 Å². The third-order valence-corrected chi connectivity index (χ3v) is 5.62. The number of hydrogen-bond donors (Lipinski definition) is 1. The summed E-state index contributed by atoms with van der Waals surface area (Å²) in [5.74, 6) is 0. The molecule has 0 aliphatic rings. The topological polar surface area (TPSA) is 20.7 Å². The van der Waals surface area contributed by atoms with Crippen LogP contribution >= 0.6 is 62.1 Å². The number of aromatic amines is 1. The fourth-order valence-electron chi connectivity index (χ4n) is 2.07. The lowest BCUT2D eigenvalue weighted by Crippen LogP contribution is -2.00. The number of imidazole rings is 1. The monoisotopic (exact) mass is 464 g/mol. The lowest BCUT2D eigenvalue weighted by Gasteiger charge is -2.03. The molecule has 0 bridgehead atoms. The lowest BCUT2D eigenvalue weighted by molar-refractivity contribution is 0.712. The number of H-pyrrole nitrogens is 1. The highest BCUT2D eigenvalue weighted by atomic mass is 127. The minimum Gasteiger partial charge on any atom is -0.331 e. The van der Waals surface area contributed by atoms with E-state index in [-0.39, 0.29) is 0 Å². The van der Waals surface area contributed by atoms with Crippen LogP contribution in [0.1, 0.15) is 4.88 Å². The fourth-order valence-corrected chi connectivity index (χ4v) is 4.33. The zero-order valence-corrected chi connectivity index (χ0v) is 15.2. The summed E-state index contributed by atoms with van der Waals surface area (Å²) in [6, 6.07) is 10.6. The van der Waals surface area contributed by atoms with Gasteiger partial charge in [-0.1, -0.05) is 0 Å². The van der Waals surface area contributed by atoms with Crippen LogP contribution in [0, 0.1) is 8.34 Å². The summed E-state index contributed by atoms with van der Waals surface area (Å²) in [4.78, 5) is 4.65. The van der Waals surface area contributed by atoms with Gasteiger partial charge in [0.05, 0.1) is 14.8 Å². The lowest BCUT2D eigenvalue weighted by atomic mass is 10.3. The van der Waals surface area contributed by atoms with Gasteiger partial charge in [-0.15, -0.1) is 11.3 Å². The molecule has 2 heterocycles. The normalized spacial score (nSPS) is 11.3. The van der Waals surface area contributed by atoms with Gasteiger partial charge in [0.15, 0.2) is 4.77 Å². The van der Waals surface area contributed by atoms with E-state index in [1.807, 2.05) is 0 Å². The van der Waals surface area contributed by atoms with E-state index >= 15 is 0 Å². The summed E-state index contributed by atoms with van der Waals surface area (Å²) in [7, 11) is 0. The van der Waals surface area contributed by atoms with Crippen LogP contribution in [-0.2, 0) is 13.0 Å². The maximum atomic E-state index is 5.42. The maximum absolute atomic E-state index is 5.42. The van der Waals surface area contributed by atoms with Crippen LogP contribution < -0.4 is 0 Å². The molecule has 19 heavy (non-hydrogen) atoms. The number of fused-ring (bicyclic) bond motifs is 1. The Kier molecular flexibility index (Phi) is 4.11. The van der Waals surface area contributed by atoms with Crippen LogP contribution in [0.3, 0.4) is 0 Å². The van der Waals surface area contributed by atoms with Crippen molar-refractivity contribution < 1.29 is 0 Å². The number of aryl methyl sites for hydroxylation is 2. The van der Waals surface area contributed by atoms with Crippen molar-refractivity contribution in [3.05, 3.63) is 47.3 Å². The molecule has 0 unspecified atom stereocenters. The molecule has 6 heteroatoms. The fraction of sp³-hybridized carbons (Fsp3) is 0.154. The van der Waals surface area contributed by atoms with Crippen LogP contribution in [0.2, 0.25) is 0 Å². The summed E-state index contributed by atoms with van der Waals surface area (Å²) in [6.45, 7) is 0.909. The first-order valence-electron chi connectivity index (χ1n) is 5.76. The molecule has 3 rings (SSSR count). The number of nitrogens with one attached hydrogen (secondary N) is 1. The van der Waals surface area contributed by atoms with Gasteiger partial charge in [0.25, 0.3) is 0 Å². The zero-order valence-electron chi connectivity index (χ0n) is 9.82. The Morgan fingerprint density at radius 2 is 2.16 bits per heavy atom. The van der Waals surface area contributed by atoms with Crippen LogP contribution in [0.25, 0.3) is 11.0 Å². The molecule has 0 amide bonds. The van der Waals surface area contributed by atoms with E-state index in [4.69, 9.17) is 12.2 Å². The smallest absolute Gasteiger partial charge is 0.178 e. The Morgan fingerprint density at radius 1 is 1.32 bits per heavy atom. The average molecular weight is 465 g/mol. The summed E-state index contributed by atoms with van der Waals surface area (Å²) in [6.07, 6.45) is 1.00. The summed E-state index contributed by atoms with van der Waals surface area (Å²) < 4.78 is 5.37. The molecule has 3 aromatic rings. The van der Waals surface area contributed by atoms with E-state index in [1.165, 1.54) is 17.8 Å². The molecule has 98 valence electrons. The quantitative estimate of drug-likeness (QED) is 0.408. The Labute approximate surface area is 142 Å². The van der Waals surface area contributed by atoms with Gasteiger partial charge in [0.1, 0.15) is 0 Å². The van der Waals surface area contributed by atoms with Crippen molar-refractivity contribution in [2.24, 2.45) is 0 Å². The standard InChI is InChI=1S/C13H10BrIN2S2/c14-12-4-2-9(19-12)5-6-17-11-3-1-8(15)7-10(11)16-13(17)18/h1-4,7H,5-6H2,(H,16,18). The van der Waals surface area contributed by atoms with Gasteiger partial charge in [-0.2, -0.15) is 0 Å². The summed E-state index contributed by atoms with van der Waals surface area (Å²) in [5, 5.41) is 0. The Bertz CT molecular complexity index is 787. The Morgan fingerprint density at radius 3 is 2.89 bits per heavy atom. The SMILES string of the molecule is S=c1[nH]c2cc(I)ccc2n1CCc1ccc(Br)s1. The van der Waals surface area contributed by atoms with Gasteiger partial charge < -0.3 is 9.55 Å². The van der Waals surface area contributed by atoms with Crippen LogP contribution in [0.5, 0.6) is 0 Å². The number of nitrogens with zero attached hydrogens (tertiary/aromatic N) is 1. The van der Waals surface area contributed by atoms with Crippen molar-refractivity contribution in [2.75, 3.05) is 0 Å². The highest BCUT2D eigenvalue weighted by molar-refractivity contribution is 14.1. The van der Waals surface area contributed by atoms with E-state index in [0.29, 0.717) is 0 Å². The average Bonchev–Trinajstić information content (AvgIpc) is 2.89. The molecule has 2 nitrogen and oxygen atoms in total. The number of hydrogen-bond acceptors (Lipinski definition) is 2. The van der Waals surface area contributed by atoms with Crippen molar-refractivity contribution >= 4 is 73.1 Å². The molecule has 0 saturated heterocycles. The number of aromatic nitrogens is 2. The van der Waals surface area contributed by atoms with E-state index in [2.05, 4.69) is 78.4 Å². The molecule has 2 aromatic heterocycles. The first kappa shape index (κ1) is 13.8. The van der Waals surface area contributed by atoms with E-state index in [0.717, 1.165) is 23.3 Å². The molecule has 0 aliphatic carbocycles. The van der Waals surface area contributed by atoms with Gasteiger partial charge in [-0.3, -0.25) is 0 Å². The summed E-state index contributed by atoms with van der Waals surface area (Å²) in [5.41, 5.74) is 2.30. The Hall–Kier alpha value is -0.180. The maximum Gasteiger partial charge on any atom is 0.178 e. The number of benzene rings is 1. The highest BCUT2D eigenvalue weighted by Gasteiger charge is 2.06. The largest absolute Gasteiger partial charge is 0.331 e. The predicted octanol–water partition coefficient (Wildman–Crippen LogP) is 5.37. The first-order valence-corrected chi connectivity index (χ1v) is 8.85. The third kappa shape index (κ3) is 2.96. The minimum atomic E-state index is 0.799. The predicted molar refractivity (Wildman–Crippen MR) is 95.6 cm³/mol. The number of thiophene rings is 1. The molecule has 0 radical (unpaired) electrons. The van der Waals surface area contributed by atoms with Gasteiger partial charge in [0.2, 0.25) is 0 Å². The van der Waals surface area contributed by atoms with Gasteiger partial charge in [-0.05, 0) is 87.5 Å². The van der Waals surface area contributed by atoms with Crippen LogP contribution in [0.4, 0.5) is 0 Å². The van der Waals surface area contributed by atoms with Crippen molar-refractivity contribution in [1.29, 1.82) is 0 Å². The van der Waals surface area contributed by atoms with Gasteiger partial charge in [-0.25, -0.2) is 0 Å². The minimum absolute atomic E-state index is 0.799. The molecular formula is C13H10BrIN2S2. The molecule has 0 fully saturated rings. The molecule has 0 aliphatic heterocycles. The van der Waals surface area contributed by atoms with Crippen LogP contribution in [0.15, 0.2) is 34.1 Å². The number of halogens is 2. The third-order valence-electron chi connectivity index (χ3n) is 2.95. The molecule has 1 N–H and O–H groups in total. The second kappa shape index (κ2) is 5.67. The van der Waals surface area contributed by atoms with Crippen LogP contribution in [-0.4, -0.2) is 9.55 Å². The molecule has 0 saturated carbocycles. The van der Waals surface area contributed by atoms with Gasteiger partial charge in [0, 0.05) is 15.0 Å². The highest BCUT2D eigenvalue weighted by Crippen LogP contribution is 2.24. The Balaban J connectivity index is 1.92. The van der Waals surface area contributed by atoms with Crippen molar-refractivity contribution in [2.45, 2.75) is 13.0 Å². The molecule has 1 aromatic carbocycles. The first-order chi connectivity index (χ1) is 9.13. The number of rotatable bonds is 3. The second-order valence-corrected chi connectivity index (χ2v) is 8.38. The van der Waals surface area contributed by atoms with E-state index in [1.54, 1.807) is 11.3 Å². The molecular weight excluding hydrogens is 455 g/mol. The molecule has 0 atom stereocenters. The van der Waals surface area contributed by atoms with E-state index < -0.39 is 0 Å². The summed E-state index contributed by atoms with van der Waals surface area (Å²) >= 11 is 13.0. The molecule has 0 spiro atoms. The van der Waals surface area contributed by atoms with E-state index in [9.17, 15) is 0 Å².